The van der Waals surface area contributed by atoms with Crippen LogP contribution in [0.25, 0.3) is 28.5 Å². The highest BCUT2D eigenvalue weighted by molar-refractivity contribution is 6.02. The zero-order chi connectivity index (χ0) is 22.0. The molecule has 0 fully saturated rings. The summed E-state index contributed by atoms with van der Waals surface area (Å²) in [6.45, 7) is 1.46. The van der Waals surface area contributed by atoms with Crippen molar-refractivity contribution < 1.29 is 19.2 Å². The van der Waals surface area contributed by atoms with Gasteiger partial charge in [0.2, 0.25) is 5.91 Å². The largest absolute Gasteiger partial charge is 0.426 e. The van der Waals surface area contributed by atoms with Crippen molar-refractivity contribution in [2.45, 2.75) is 6.92 Å². The topological polar surface area (TPSA) is 84.2 Å². The van der Waals surface area contributed by atoms with E-state index in [1.54, 1.807) is 60.7 Å². The lowest BCUT2D eigenvalue weighted by Crippen LogP contribution is -2.07. The van der Waals surface area contributed by atoms with Gasteiger partial charge in [0.25, 0.3) is 0 Å². The second kappa shape index (κ2) is 8.23. The number of anilines is 1. The minimum atomic E-state index is -0.336. The van der Waals surface area contributed by atoms with Crippen LogP contribution in [-0.2, 0) is 4.79 Å². The highest BCUT2D eigenvalue weighted by Crippen LogP contribution is 2.25. The molecular formula is C24H18FN3O3. The van der Waals surface area contributed by atoms with Crippen molar-refractivity contribution in [2.75, 3.05) is 5.32 Å². The minimum absolute atomic E-state index is 0.0989. The summed E-state index contributed by atoms with van der Waals surface area (Å²) in [6, 6.07) is 17.6. The Balaban J connectivity index is 1.50. The van der Waals surface area contributed by atoms with E-state index in [9.17, 15) is 19.2 Å². The van der Waals surface area contributed by atoms with Crippen molar-refractivity contribution >= 4 is 34.5 Å². The summed E-state index contributed by atoms with van der Waals surface area (Å²) >= 11 is 0. The van der Waals surface area contributed by atoms with Gasteiger partial charge in [-0.3, -0.25) is 9.59 Å². The second-order valence-electron chi connectivity index (χ2n) is 6.96. The highest BCUT2D eigenvalue weighted by atomic mass is 19.1. The fourth-order valence-corrected chi connectivity index (χ4v) is 3.10. The van der Waals surface area contributed by atoms with Crippen LogP contribution in [0.2, 0.25) is 0 Å². The van der Waals surface area contributed by atoms with E-state index >= 15 is 0 Å². The average Bonchev–Trinajstić information content (AvgIpc) is 3.10. The summed E-state index contributed by atoms with van der Waals surface area (Å²) < 4.78 is 13.9. The van der Waals surface area contributed by atoms with Crippen molar-refractivity contribution in [2.24, 2.45) is 0 Å². The SMILES string of the molecule is CC(=O)c1ccc2nc(-c3ccc(NC(=O)/C=C/c4ccc(F)cc4)cc3)n(O)c2c1. The normalized spacial score (nSPS) is 11.2. The molecule has 0 spiro atoms. The smallest absolute Gasteiger partial charge is 0.248 e. The molecule has 0 aliphatic heterocycles. The van der Waals surface area contributed by atoms with Gasteiger partial charge in [-0.2, -0.15) is 4.73 Å². The number of halogens is 1. The average molecular weight is 415 g/mol. The van der Waals surface area contributed by atoms with Crippen molar-refractivity contribution in [1.29, 1.82) is 0 Å². The number of nitrogens with one attached hydrogen (secondary N) is 1. The molecule has 1 aromatic heterocycles. The van der Waals surface area contributed by atoms with E-state index in [1.807, 2.05) is 0 Å². The number of hydrogen-bond acceptors (Lipinski definition) is 4. The quantitative estimate of drug-likeness (QED) is 0.275. The number of carbonyl (C=O) groups excluding carboxylic acids is 2. The molecule has 4 aromatic rings. The van der Waals surface area contributed by atoms with E-state index in [4.69, 9.17) is 0 Å². The molecule has 154 valence electrons. The Morgan fingerprint density at radius 2 is 1.74 bits per heavy atom. The summed E-state index contributed by atoms with van der Waals surface area (Å²) in [6.07, 6.45) is 2.95. The number of nitrogens with zero attached hydrogens (tertiary/aromatic N) is 2. The molecule has 0 atom stereocenters. The van der Waals surface area contributed by atoms with Crippen LogP contribution in [-0.4, -0.2) is 26.6 Å². The van der Waals surface area contributed by atoms with Crippen molar-refractivity contribution in [3.63, 3.8) is 0 Å². The second-order valence-corrected chi connectivity index (χ2v) is 6.96. The lowest BCUT2D eigenvalue weighted by molar-refractivity contribution is -0.111. The standard InChI is InChI=1S/C24H18FN3O3/c1-15(29)18-7-12-21-22(14-18)28(31)24(27-21)17-5-10-20(11-6-17)26-23(30)13-4-16-2-8-19(25)9-3-16/h2-14,31H,1H3,(H,26,30)/b13-4+. The van der Waals surface area contributed by atoms with Gasteiger partial charge in [-0.25, -0.2) is 9.37 Å². The molecule has 7 heteroatoms. The molecule has 0 radical (unpaired) electrons. The molecular weight excluding hydrogens is 397 g/mol. The first-order valence-corrected chi connectivity index (χ1v) is 9.48. The monoisotopic (exact) mass is 415 g/mol. The number of ketones is 1. The Hall–Kier alpha value is -4.26. The summed E-state index contributed by atoms with van der Waals surface area (Å²) in [4.78, 5) is 28.1. The van der Waals surface area contributed by atoms with E-state index in [0.29, 0.717) is 39.2 Å². The van der Waals surface area contributed by atoms with E-state index in [1.165, 1.54) is 25.1 Å². The van der Waals surface area contributed by atoms with Crippen LogP contribution in [0.3, 0.4) is 0 Å². The first-order chi connectivity index (χ1) is 14.9. The van der Waals surface area contributed by atoms with Gasteiger partial charge in [0.15, 0.2) is 11.6 Å². The van der Waals surface area contributed by atoms with Gasteiger partial charge < -0.3 is 10.5 Å². The van der Waals surface area contributed by atoms with Crippen LogP contribution in [0.1, 0.15) is 22.8 Å². The molecule has 0 bridgehead atoms. The molecule has 0 aliphatic rings. The van der Waals surface area contributed by atoms with Crippen LogP contribution in [0, 0.1) is 5.82 Å². The van der Waals surface area contributed by atoms with E-state index in [0.717, 1.165) is 4.73 Å². The van der Waals surface area contributed by atoms with Gasteiger partial charge >= 0.3 is 0 Å². The maximum atomic E-state index is 12.9. The van der Waals surface area contributed by atoms with E-state index in [-0.39, 0.29) is 17.5 Å². The van der Waals surface area contributed by atoms with Crippen LogP contribution < -0.4 is 5.32 Å². The molecule has 6 nitrogen and oxygen atoms in total. The third-order valence-electron chi connectivity index (χ3n) is 4.74. The van der Waals surface area contributed by atoms with Crippen molar-refractivity contribution in [3.05, 3.63) is 89.8 Å². The lowest BCUT2D eigenvalue weighted by atomic mass is 10.1. The first-order valence-electron chi connectivity index (χ1n) is 9.48. The molecule has 1 heterocycles. The Bertz CT molecular complexity index is 1310. The van der Waals surface area contributed by atoms with Crippen LogP contribution >= 0.6 is 0 Å². The minimum Gasteiger partial charge on any atom is -0.426 e. The number of aromatic nitrogens is 2. The van der Waals surface area contributed by atoms with Crippen LogP contribution in [0.4, 0.5) is 10.1 Å². The molecule has 31 heavy (non-hydrogen) atoms. The number of amides is 1. The predicted molar refractivity (Wildman–Crippen MR) is 116 cm³/mol. The van der Waals surface area contributed by atoms with Gasteiger partial charge in [-0.15, -0.1) is 0 Å². The number of hydrogen-bond donors (Lipinski definition) is 2. The maximum Gasteiger partial charge on any atom is 0.248 e. The molecule has 2 N–H and O–H groups in total. The molecule has 0 saturated carbocycles. The number of imidazole rings is 1. The van der Waals surface area contributed by atoms with Gasteiger partial charge in [-0.1, -0.05) is 12.1 Å². The maximum absolute atomic E-state index is 12.9. The van der Waals surface area contributed by atoms with Crippen molar-refractivity contribution in [1.82, 2.24) is 9.71 Å². The Morgan fingerprint density at radius 1 is 1.03 bits per heavy atom. The summed E-state index contributed by atoms with van der Waals surface area (Å²) in [5, 5.41) is 13.2. The van der Waals surface area contributed by atoms with Crippen molar-refractivity contribution in [3.8, 4) is 11.4 Å². The Kier molecular flexibility index (Phi) is 5.32. The Morgan fingerprint density at radius 3 is 2.42 bits per heavy atom. The van der Waals surface area contributed by atoms with Gasteiger partial charge in [0.1, 0.15) is 11.3 Å². The summed E-state index contributed by atoms with van der Waals surface area (Å²) in [5.74, 6) is -0.441. The van der Waals surface area contributed by atoms with Gasteiger partial charge in [-0.05, 0) is 73.2 Å². The molecule has 4 rings (SSSR count). The number of Topliss-reactive ketones (excluding diaryl/α,β-unsaturated/α-hetero) is 1. The zero-order valence-corrected chi connectivity index (χ0v) is 16.5. The molecule has 0 saturated heterocycles. The van der Waals surface area contributed by atoms with Gasteiger partial charge in [0, 0.05) is 22.9 Å². The highest BCUT2D eigenvalue weighted by Gasteiger charge is 2.13. The zero-order valence-electron chi connectivity index (χ0n) is 16.5. The molecule has 1 amide bonds. The van der Waals surface area contributed by atoms with Crippen LogP contribution in [0.15, 0.2) is 72.8 Å². The number of fused-ring (bicyclic) bond motifs is 1. The third kappa shape index (κ3) is 4.35. The summed E-state index contributed by atoms with van der Waals surface area (Å²) in [5.41, 5.74) is 3.40. The first kappa shape index (κ1) is 20.0. The lowest BCUT2D eigenvalue weighted by Gasteiger charge is -2.05. The fraction of sp³-hybridized carbons (Fsp3) is 0.0417. The molecule has 0 aliphatic carbocycles. The number of carbonyl (C=O) groups is 2. The summed E-state index contributed by atoms with van der Waals surface area (Å²) in [7, 11) is 0. The third-order valence-corrected chi connectivity index (χ3v) is 4.74. The van der Waals surface area contributed by atoms with E-state index < -0.39 is 0 Å². The molecule has 3 aromatic carbocycles. The predicted octanol–water partition coefficient (Wildman–Crippen LogP) is 4.93. The van der Waals surface area contributed by atoms with E-state index in [2.05, 4.69) is 10.3 Å². The fourth-order valence-electron chi connectivity index (χ4n) is 3.10. The van der Waals surface area contributed by atoms with Crippen LogP contribution in [0.5, 0.6) is 0 Å². The molecule has 0 unspecified atom stereocenters. The van der Waals surface area contributed by atoms with Gasteiger partial charge in [0.05, 0.1) is 5.52 Å². The Labute approximate surface area is 177 Å². The number of benzene rings is 3. The number of rotatable bonds is 5.